The number of rotatable bonds is 3. The summed E-state index contributed by atoms with van der Waals surface area (Å²) in [7, 11) is 0. The standard InChI is InChI=1S/C20H16N2O2/c1-12(23)15-9-19(21-11-15)20(24)22-16-7-6-14-8-13-4-2-3-5-17(13)18(14)10-16/h2-7,9-11,21H,8H2,1H3,(H,22,24). The monoisotopic (exact) mass is 316 g/mol. The molecular weight excluding hydrogens is 300 g/mol. The lowest BCUT2D eigenvalue weighted by Crippen LogP contribution is -2.12. The SMILES string of the molecule is CC(=O)c1c[nH]c(C(=O)Nc2ccc3c(c2)-c2ccccc2C3)c1. The van der Waals surface area contributed by atoms with Gasteiger partial charge in [0.2, 0.25) is 0 Å². The van der Waals surface area contributed by atoms with Gasteiger partial charge in [0.1, 0.15) is 5.69 Å². The van der Waals surface area contributed by atoms with Crippen LogP contribution in [0.15, 0.2) is 54.7 Å². The highest BCUT2D eigenvalue weighted by Crippen LogP contribution is 2.37. The molecule has 1 amide bonds. The van der Waals surface area contributed by atoms with Gasteiger partial charge in [-0.25, -0.2) is 0 Å². The largest absolute Gasteiger partial charge is 0.356 e. The van der Waals surface area contributed by atoms with Gasteiger partial charge < -0.3 is 10.3 Å². The Morgan fingerprint density at radius 2 is 1.79 bits per heavy atom. The van der Waals surface area contributed by atoms with Crippen LogP contribution < -0.4 is 5.32 Å². The Bertz CT molecular complexity index is 969. The fourth-order valence-corrected chi connectivity index (χ4v) is 3.13. The molecule has 0 fully saturated rings. The Morgan fingerprint density at radius 3 is 2.58 bits per heavy atom. The van der Waals surface area contributed by atoms with Crippen molar-refractivity contribution in [2.24, 2.45) is 0 Å². The summed E-state index contributed by atoms with van der Waals surface area (Å²) >= 11 is 0. The van der Waals surface area contributed by atoms with Crippen LogP contribution in [0.25, 0.3) is 11.1 Å². The minimum absolute atomic E-state index is 0.0700. The Kier molecular flexibility index (Phi) is 3.31. The Hall–Kier alpha value is -3.14. The lowest BCUT2D eigenvalue weighted by molar-refractivity contribution is 0.101. The first-order chi connectivity index (χ1) is 11.6. The van der Waals surface area contributed by atoms with E-state index in [9.17, 15) is 9.59 Å². The molecule has 118 valence electrons. The molecule has 2 N–H and O–H groups in total. The van der Waals surface area contributed by atoms with Crippen LogP contribution in [0, 0.1) is 0 Å². The molecule has 4 nitrogen and oxygen atoms in total. The first-order valence-corrected chi connectivity index (χ1v) is 7.84. The van der Waals surface area contributed by atoms with Crippen molar-refractivity contribution >= 4 is 17.4 Å². The van der Waals surface area contributed by atoms with E-state index in [1.807, 2.05) is 24.3 Å². The number of nitrogens with one attached hydrogen (secondary N) is 2. The van der Waals surface area contributed by atoms with E-state index < -0.39 is 0 Å². The first kappa shape index (κ1) is 14.5. The van der Waals surface area contributed by atoms with Crippen LogP contribution in [0.5, 0.6) is 0 Å². The number of amides is 1. The smallest absolute Gasteiger partial charge is 0.272 e. The number of anilines is 1. The summed E-state index contributed by atoms with van der Waals surface area (Å²) in [5.74, 6) is -0.326. The van der Waals surface area contributed by atoms with Crippen LogP contribution >= 0.6 is 0 Å². The minimum atomic E-state index is -0.256. The van der Waals surface area contributed by atoms with Crippen molar-refractivity contribution in [3.8, 4) is 11.1 Å². The number of hydrogen-bond donors (Lipinski definition) is 2. The second-order valence-electron chi connectivity index (χ2n) is 6.02. The maximum Gasteiger partial charge on any atom is 0.272 e. The number of H-pyrrole nitrogens is 1. The van der Waals surface area contributed by atoms with Gasteiger partial charge in [-0.1, -0.05) is 30.3 Å². The normalized spacial score (nSPS) is 11.7. The van der Waals surface area contributed by atoms with Crippen LogP contribution in [0.1, 0.15) is 38.9 Å². The van der Waals surface area contributed by atoms with Crippen molar-refractivity contribution in [1.82, 2.24) is 4.98 Å². The molecule has 0 saturated heterocycles. The number of carbonyl (C=O) groups excluding carboxylic acids is 2. The molecule has 0 saturated carbocycles. The third kappa shape index (κ3) is 2.42. The third-order valence-electron chi connectivity index (χ3n) is 4.39. The summed E-state index contributed by atoms with van der Waals surface area (Å²) in [6.07, 6.45) is 2.48. The number of aromatic amines is 1. The first-order valence-electron chi connectivity index (χ1n) is 7.84. The van der Waals surface area contributed by atoms with E-state index in [0.717, 1.165) is 12.1 Å². The van der Waals surface area contributed by atoms with E-state index in [-0.39, 0.29) is 11.7 Å². The van der Waals surface area contributed by atoms with Gasteiger partial charge in [-0.15, -0.1) is 0 Å². The molecule has 3 aromatic rings. The second-order valence-corrected chi connectivity index (χ2v) is 6.02. The highest BCUT2D eigenvalue weighted by molar-refractivity contribution is 6.05. The van der Waals surface area contributed by atoms with Gasteiger partial charge >= 0.3 is 0 Å². The summed E-state index contributed by atoms with van der Waals surface area (Å²) in [4.78, 5) is 26.5. The van der Waals surface area contributed by atoms with E-state index in [4.69, 9.17) is 0 Å². The lowest BCUT2D eigenvalue weighted by atomic mass is 10.1. The highest BCUT2D eigenvalue weighted by Gasteiger charge is 2.18. The second kappa shape index (κ2) is 5.49. The Morgan fingerprint density at radius 1 is 1.00 bits per heavy atom. The topological polar surface area (TPSA) is 62.0 Å². The van der Waals surface area contributed by atoms with Gasteiger partial charge in [-0.3, -0.25) is 9.59 Å². The molecule has 0 spiro atoms. The predicted octanol–water partition coefficient (Wildman–Crippen LogP) is 4.04. The van der Waals surface area contributed by atoms with E-state index in [1.54, 1.807) is 12.3 Å². The minimum Gasteiger partial charge on any atom is -0.356 e. The summed E-state index contributed by atoms with van der Waals surface area (Å²) in [5.41, 5.74) is 6.60. The Labute approximate surface area is 139 Å². The summed E-state index contributed by atoms with van der Waals surface area (Å²) < 4.78 is 0. The van der Waals surface area contributed by atoms with Gasteiger partial charge in [-0.2, -0.15) is 0 Å². The molecular formula is C20H16N2O2. The maximum absolute atomic E-state index is 12.3. The summed E-state index contributed by atoms with van der Waals surface area (Å²) in [6, 6.07) is 15.9. The van der Waals surface area contributed by atoms with Crippen LogP contribution in [0.3, 0.4) is 0 Å². The fourth-order valence-electron chi connectivity index (χ4n) is 3.13. The lowest BCUT2D eigenvalue weighted by Gasteiger charge is -2.07. The summed E-state index contributed by atoms with van der Waals surface area (Å²) in [5, 5.41) is 2.89. The zero-order valence-corrected chi connectivity index (χ0v) is 13.2. The number of aromatic nitrogens is 1. The molecule has 4 heteroatoms. The van der Waals surface area contributed by atoms with Crippen LogP contribution in [0.4, 0.5) is 5.69 Å². The van der Waals surface area contributed by atoms with Crippen molar-refractivity contribution in [3.05, 3.63) is 77.1 Å². The van der Waals surface area contributed by atoms with Gasteiger partial charge in [-0.05, 0) is 53.8 Å². The average Bonchev–Trinajstić information content (AvgIpc) is 3.19. The molecule has 0 aliphatic heterocycles. The highest BCUT2D eigenvalue weighted by atomic mass is 16.2. The maximum atomic E-state index is 12.3. The van der Waals surface area contributed by atoms with Gasteiger partial charge in [0.05, 0.1) is 0 Å². The van der Waals surface area contributed by atoms with E-state index in [2.05, 4.69) is 28.5 Å². The molecule has 0 unspecified atom stereocenters. The fraction of sp³-hybridized carbons (Fsp3) is 0.100. The number of ketones is 1. The van der Waals surface area contributed by atoms with Crippen molar-refractivity contribution in [1.29, 1.82) is 0 Å². The zero-order chi connectivity index (χ0) is 16.7. The Balaban J connectivity index is 1.60. The average molecular weight is 316 g/mol. The van der Waals surface area contributed by atoms with E-state index in [1.165, 1.54) is 29.2 Å². The quantitative estimate of drug-likeness (QED) is 0.560. The van der Waals surface area contributed by atoms with Crippen molar-refractivity contribution in [3.63, 3.8) is 0 Å². The van der Waals surface area contributed by atoms with Crippen LogP contribution in [-0.4, -0.2) is 16.7 Å². The number of hydrogen-bond acceptors (Lipinski definition) is 2. The van der Waals surface area contributed by atoms with Crippen LogP contribution in [-0.2, 0) is 6.42 Å². The molecule has 0 atom stereocenters. The number of benzene rings is 2. The molecule has 1 aromatic heterocycles. The van der Waals surface area contributed by atoms with Crippen molar-refractivity contribution in [2.45, 2.75) is 13.3 Å². The van der Waals surface area contributed by atoms with Crippen LogP contribution in [0.2, 0.25) is 0 Å². The molecule has 0 radical (unpaired) electrons. The van der Waals surface area contributed by atoms with E-state index in [0.29, 0.717) is 11.3 Å². The van der Waals surface area contributed by atoms with E-state index >= 15 is 0 Å². The zero-order valence-electron chi connectivity index (χ0n) is 13.2. The predicted molar refractivity (Wildman–Crippen MR) is 93.4 cm³/mol. The molecule has 24 heavy (non-hydrogen) atoms. The van der Waals surface area contributed by atoms with Crippen molar-refractivity contribution in [2.75, 3.05) is 5.32 Å². The number of fused-ring (bicyclic) bond motifs is 3. The molecule has 1 aliphatic rings. The van der Waals surface area contributed by atoms with Gasteiger partial charge in [0, 0.05) is 17.4 Å². The van der Waals surface area contributed by atoms with Gasteiger partial charge in [0.25, 0.3) is 5.91 Å². The van der Waals surface area contributed by atoms with Gasteiger partial charge in [0.15, 0.2) is 5.78 Å². The molecule has 2 aromatic carbocycles. The van der Waals surface area contributed by atoms with Crippen molar-refractivity contribution < 1.29 is 9.59 Å². The molecule has 1 aliphatic carbocycles. The third-order valence-corrected chi connectivity index (χ3v) is 4.39. The number of carbonyl (C=O) groups is 2. The molecule has 0 bridgehead atoms. The molecule has 4 rings (SSSR count). The summed E-state index contributed by atoms with van der Waals surface area (Å²) in [6.45, 7) is 1.48. The molecule has 1 heterocycles. The number of Topliss-reactive ketones (excluding diaryl/α,β-unsaturated/α-hetero) is 1.